The van der Waals surface area contributed by atoms with Gasteiger partial charge < -0.3 is 10.0 Å². The van der Waals surface area contributed by atoms with Crippen LogP contribution in [-0.4, -0.2) is 46.0 Å². The Bertz CT molecular complexity index is 521. The van der Waals surface area contributed by atoms with Gasteiger partial charge in [0.25, 0.3) is 5.91 Å². The van der Waals surface area contributed by atoms with Gasteiger partial charge in [0, 0.05) is 34.1 Å². The number of hydrogen-bond acceptors (Lipinski definition) is 3. The third-order valence-electron chi connectivity index (χ3n) is 2.92. The Morgan fingerprint density at radius 3 is 2.68 bits per heavy atom. The smallest absolute Gasteiger partial charge is 0.335 e. The predicted octanol–water partition coefficient (Wildman–Crippen LogP) is 2.72. The Morgan fingerprint density at radius 2 is 2.05 bits per heavy atom. The van der Waals surface area contributed by atoms with Crippen molar-refractivity contribution < 1.29 is 14.7 Å². The lowest BCUT2D eigenvalue weighted by Gasteiger charge is -2.30. The van der Waals surface area contributed by atoms with E-state index in [0.717, 1.165) is 5.75 Å². The van der Waals surface area contributed by atoms with Gasteiger partial charge in [0.05, 0.1) is 5.56 Å². The lowest BCUT2D eigenvalue weighted by molar-refractivity contribution is 0.0697. The number of benzene rings is 1. The average Bonchev–Trinajstić information content (AvgIpc) is 2.37. The zero-order valence-electron chi connectivity index (χ0n) is 10.4. The van der Waals surface area contributed by atoms with Crippen LogP contribution in [0.1, 0.15) is 27.6 Å². The fourth-order valence-corrected chi connectivity index (χ4v) is 3.53. The molecule has 0 saturated carbocycles. The number of hydrogen-bond donors (Lipinski definition) is 1. The van der Waals surface area contributed by atoms with Crippen LogP contribution in [0.4, 0.5) is 0 Å². The van der Waals surface area contributed by atoms with Crippen LogP contribution in [-0.2, 0) is 0 Å². The lowest BCUT2D eigenvalue weighted by Crippen LogP contribution is -2.41. The third-order valence-corrected chi connectivity index (χ3v) is 4.51. The maximum Gasteiger partial charge on any atom is 0.335 e. The molecule has 1 aromatic carbocycles. The van der Waals surface area contributed by atoms with E-state index in [1.54, 1.807) is 11.0 Å². The Morgan fingerprint density at radius 1 is 1.37 bits per heavy atom. The molecular formula is C13H14BrNO3S. The number of thioether (sulfide) groups is 1. The fourth-order valence-electron chi connectivity index (χ4n) is 2.02. The molecular weight excluding hydrogens is 330 g/mol. The van der Waals surface area contributed by atoms with Crippen molar-refractivity contribution >= 4 is 39.6 Å². The molecule has 102 valence electrons. The normalized spacial score (nSPS) is 19.3. The van der Waals surface area contributed by atoms with E-state index >= 15 is 0 Å². The molecule has 1 aliphatic rings. The van der Waals surface area contributed by atoms with Crippen LogP contribution in [0, 0.1) is 0 Å². The minimum atomic E-state index is -1.03. The van der Waals surface area contributed by atoms with Crippen molar-refractivity contribution in [3.63, 3.8) is 0 Å². The molecule has 0 spiro atoms. The molecule has 1 heterocycles. The summed E-state index contributed by atoms with van der Waals surface area (Å²) < 4.78 is 0.607. The summed E-state index contributed by atoms with van der Waals surface area (Å²) >= 11 is 5.10. The van der Waals surface area contributed by atoms with Crippen LogP contribution in [0.25, 0.3) is 0 Å². The Balaban J connectivity index is 2.25. The molecule has 0 bridgehead atoms. The van der Waals surface area contributed by atoms with Gasteiger partial charge in [-0.25, -0.2) is 4.79 Å². The highest BCUT2D eigenvalue weighted by molar-refractivity contribution is 9.10. The second kappa shape index (κ2) is 5.96. The van der Waals surface area contributed by atoms with Crippen molar-refractivity contribution in [2.45, 2.75) is 12.2 Å². The molecule has 1 unspecified atom stereocenters. The summed E-state index contributed by atoms with van der Waals surface area (Å²) in [5.41, 5.74) is 0.544. The molecule has 19 heavy (non-hydrogen) atoms. The van der Waals surface area contributed by atoms with Gasteiger partial charge in [0.15, 0.2) is 0 Å². The second-order valence-corrected chi connectivity index (χ2v) is 6.93. The number of carbonyl (C=O) groups excluding carboxylic acids is 1. The third kappa shape index (κ3) is 3.51. The Kier molecular flexibility index (Phi) is 4.52. The summed E-state index contributed by atoms with van der Waals surface area (Å²) in [7, 11) is 0. The number of nitrogens with zero attached hydrogens (tertiary/aromatic N) is 1. The largest absolute Gasteiger partial charge is 0.478 e. The number of amides is 1. The number of rotatable bonds is 2. The second-order valence-electron chi connectivity index (χ2n) is 4.47. The van der Waals surface area contributed by atoms with Crippen molar-refractivity contribution in [1.29, 1.82) is 0 Å². The molecule has 1 saturated heterocycles. The van der Waals surface area contributed by atoms with Crippen LogP contribution in [0.2, 0.25) is 0 Å². The minimum Gasteiger partial charge on any atom is -0.478 e. The van der Waals surface area contributed by atoms with Crippen LogP contribution in [0.15, 0.2) is 22.7 Å². The average molecular weight is 344 g/mol. The molecule has 2 rings (SSSR count). The van der Waals surface area contributed by atoms with E-state index in [4.69, 9.17) is 5.11 Å². The summed E-state index contributed by atoms with van der Waals surface area (Å²) in [6.07, 6.45) is 0. The van der Waals surface area contributed by atoms with E-state index in [1.165, 1.54) is 12.1 Å². The first kappa shape index (κ1) is 14.4. The molecule has 0 aliphatic carbocycles. The lowest BCUT2D eigenvalue weighted by atomic mass is 10.1. The van der Waals surface area contributed by atoms with Crippen LogP contribution < -0.4 is 0 Å². The zero-order chi connectivity index (χ0) is 14.0. The van der Waals surface area contributed by atoms with Gasteiger partial charge in [-0.3, -0.25) is 4.79 Å². The van der Waals surface area contributed by atoms with Gasteiger partial charge in [-0.15, -0.1) is 0 Å². The summed E-state index contributed by atoms with van der Waals surface area (Å²) in [5, 5.41) is 9.44. The number of carboxylic acids is 1. The van der Waals surface area contributed by atoms with Gasteiger partial charge in [-0.2, -0.15) is 11.8 Å². The van der Waals surface area contributed by atoms with Crippen molar-refractivity contribution in [2.75, 3.05) is 18.8 Å². The van der Waals surface area contributed by atoms with E-state index in [0.29, 0.717) is 28.4 Å². The molecule has 1 atom stereocenters. The van der Waals surface area contributed by atoms with E-state index < -0.39 is 5.97 Å². The summed E-state index contributed by atoms with van der Waals surface area (Å²) in [6, 6.07) is 4.59. The monoisotopic (exact) mass is 343 g/mol. The van der Waals surface area contributed by atoms with Gasteiger partial charge >= 0.3 is 5.97 Å². The summed E-state index contributed by atoms with van der Waals surface area (Å²) in [4.78, 5) is 25.2. The quantitative estimate of drug-likeness (QED) is 0.896. The first-order chi connectivity index (χ1) is 8.97. The van der Waals surface area contributed by atoms with Crippen LogP contribution in [0.5, 0.6) is 0 Å². The number of carbonyl (C=O) groups is 2. The molecule has 6 heteroatoms. The highest BCUT2D eigenvalue weighted by Crippen LogP contribution is 2.22. The van der Waals surface area contributed by atoms with Crippen molar-refractivity contribution in [1.82, 2.24) is 4.90 Å². The number of carboxylic acid groups (broad SMARTS) is 1. The fraction of sp³-hybridized carbons (Fsp3) is 0.385. The maximum atomic E-state index is 12.4. The molecule has 4 nitrogen and oxygen atoms in total. The Labute approximate surface area is 124 Å². The highest BCUT2D eigenvalue weighted by atomic mass is 79.9. The molecule has 0 aromatic heterocycles. The minimum absolute atomic E-state index is 0.101. The summed E-state index contributed by atoms with van der Waals surface area (Å²) in [5.74, 6) is -0.207. The SMILES string of the molecule is CC1CN(C(=O)c2cc(Br)cc(C(=O)O)c2)CCS1. The zero-order valence-corrected chi connectivity index (χ0v) is 12.8. The van der Waals surface area contributed by atoms with E-state index in [-0.39, 0.29) is 11.5 Å². The van der Waals surface area contributed by atoms with Crippen LogP contribution in [0.3, 0.4) is 0 Å². The standard InChI is InChI=1S/C13H14BrNO3S/c1-8-7-15(2-3-19-8)12(16)9-4-10(13(17)18)6-11(14)5-9/h4-6,8H,2-3,7H2,1H3,(H,17,18). The highest BCUT2D eigenvalue weighted by Gasteiger charge is 2.23. The Hall–Kier alpha value is -1.01. The maximum absolute atomic E-state index is 12.4. The molecule has 1 aliphatic heterocycles. The van der Waals surface area contributed by atoms with Crippen molar-refractivity contribution in [2.24, 2.45) is 0 Å². The topological polar surface area (TPSA) is 57.6 Å². The molecule has 0 radical (unpaired) electrons. The molecule has 1 aromatic rings. The van der Waals surface area contributed by atoms with Gasteiger partial charge in [-0.1, -0.05) is 22.9 Å². The van der Waals surface area contributed by atoms with Gasteiger partial charge in [0.2, 0.25) is 0 Å². The predicted molar refractivity (Wildman–Crippen MR) is 78.9 cm³/mol. The van der Waals surface area contributed by atoms with Crippen molar-refractivity contribution in [3.8, 4) is 0 Å². The van der Waals surface area contributed by atoms with E-state index in [2.05, 4.69) is 22.9 Å². The molecule has 1 amide bonds. The van der Waals surface area contributed by atoms with E-state index in [1.807, 2.05) is 11.8 Å². The first-order valence-corrected chi connectivity index (χ1v) is 7.76. The van der Waals surface area contributed by atoms with Crippen LogP contribution >= 0.6 is 27.7 Å². The number of aromatic carboxylic acids is 1. The van der Waals surface area contributed by atoms with Gasteiger partial charge in [-0.05, 0) is 18.2 Å². The van der Waals surface area contributed by atoms with Crippen molar-refractivity contribution in [3.05, 3.63) is 33.8 Å². The van der Waals surface area contributed by atoms with Gasteiger partial charge in [0.1, 0.15) is 0 Å². The number of halogens is 1. The van der Waals surface area contributed by atoms with E-state index in [9.17, 15) is 9.59 Å². The first-order valence-electron chi connectivity index (χ1n) is 5.92. The molecule has 1 N–H and O–H groups in total. The summed E-state index contributed by atoms with van der Waals surface area (Å²) in [6.45, 7) is 3.51. The molecule has 1 fully saturated rings.